The van der Waals surface area contributed by atoms with Gasteiger partial charge in [0.1, 0.15) is 0 Å². The molecule has 0 radical (unpaired) electrons. The van der Waals surface area contributed by atoms with Crippen LogP contribution in [0.25, 0.3) is 0 Å². The van der Waals surface area contributed by atoms with Gasteiger partial charge in [0.2, 0.25) is 0 Å². The quantitative estimate of drug-likeness (QED) is 0.436. The van der Waals surface area contributed by atoms with E-state index in [2.05, 4.69) is 9.99 Å². The summed E-state index contributed by atoms with van der Waals surface area (Å²) in [5.41, 5.74) is 1.16. The highest BCUT2D eigenvalue weighted by Crippen LogP contribution is 2.22. The van der Waals surface area contributed by atoms with Crippen LogP contribution < -0.4 is 0 Å². The van der Waals surface area contributed by atoms with Crippen molar-refractivity contribution >= 4 is 23.4 Å². The number of hydrogen-bond acceptors (Lipinski definition) is 4. The molecule has 0 amide bonds. The second kappa shape index (κ2) is 4.31. The first-order chi connectivity index (χ1) is 7.27. The maximum Gasteiger partial charge on any atom is 0.368 e. The molecule has 0 saturated carbocycles. The SMILES string of the molecule is CC1=NOC(=O)C1=CSc1ccccc1. The van der Waals surface area contributed by atoms with Gasteiger partial charge in [-0.15, -0.1) is 0 Å². The molecular weight excluding hydrogens is 210 g/mol. The van der Waals surface area contributed by atoms with Crippen LogP contribution in [-0.4, -0.2) is 11.7 Å². The highest BCUT2D eigenvalue weighted by atomic mass is 32.2. The van der Waals surface area contributed by atoms with Gasteiger partial charge in [0.05, 0.1) is 11.3 Å². The highest BCUT2D eigenvalue weighted by Gasteiger charge is 2.21. The first-order valence-electron chi connectivity index (χ1n) is 4.45. The second-order valence-corrected chi connectivity index (χ2v) is 3.96. The summed E-state index contributed by atoms with van der Waals surface area (Å²) in [7, 11) is 0. The van der Waals surface area contributed by atoms with Crippen LogP contribution in [0.2, 0.25) is 0 Å². The highest BCUT2D eigenvalue weighted by molar-refractivity contribution is 8.02. The zero-order chi connectivity index (χ0) is 10.7. The average molecular weight is 219 g/mol. The lowest BCUT2D eigenvalue weighted by Crippen LogP contribution is -2.00. The number of oxime groups is 1. The summed E-state index contributed by atoms with van der Waals surface area (Å²) in [6.45, 7) is 1.75. The van der Waals surface area contributed by atoms with Crippen LogP contribution in [0.1, 0.15) is 6.92 Å². The fourth-order valence-corrected chi connectivity index (χ4v) is 1.95. The van der Waals surface area contributed by atoms with Crippen molar-refractivity contribution in [3.05, 3.63) is 41.3 Å². The number of nitrogens with zero attached hydrogens (tertiary/aromatic N) is 1. The molecule has 1 aliphatic heterocycles. The van der Waals surface area contributed by atoms with E-state index in [4.69, 9.17) is 0 Å². The van der Waals surface area contributed by atoms with Crippen molar-refractivity contribution in [2.45, 2.75) is 11.8 Å². The number of hydrogen-bond donors (Lipinski definition) is 0. The van der Waals surface area contributed by atoms with Gasteiger partial charge in [0.25, 0.3) is 0 Å². The van der Waals surface area contributed by atoms with Crippen LogP contribution in [0, 0.1) is 0 Å². The Labute approximate surface area is 91.8 Å². The Morgan fingerprint density at radius 1 is 1.33 bits per heavy atom. The molecule has 15 heavy (non-hydrogen) atoms. The summed E-state index contributed by atoms with van der Waals surface area (Å²) in [6.07, 6.45) is 0. The molecule has 0 saturated heterocycles. The Bertz CT molecular complexity index is 437. The van der Waals surface area contributed by atoms with Crippen LogP contribution in [0.3, 0.4) is 0 Å². The Morgan fingerprint density at radius 3 is 2.67 bits per heavy atom. The lowest BCUT2D eigenvalue weighted by molar-refractivity contribution is -0.136. The zero-order valence-corrected chi connectivity index (χ0v) is 8.95. The molecule has 4 heteroatoms. The van der Waals surface area contributed by atoms with Crippen molar-refractivity contribution in [1.29, 1.82) is 0 Å². The van der Waals surface area contributed by atoms with Crippen molar-refractivity contribution in [2.75, 3.05) is 0 Å². The first kappa shape index (κ1) is 9.98. The maximum atomic E-state index is 11.2. The van der Waals surface area contributed by atoms with Crippen molar-refractivity contribution in [1.82, 2.24) is 0 Å². The van der Waals surface area contributed by atoms with Crippen molar-refractivity contribution in [2.24, 2.45) is 5.16 Å². The fourth-order valence-electron chi connectivity index (χ4n) is 1.12. The summed E-state index contributed by atoms with van der Waals surface area (Å²) < 4.78 is 0. The van der Waals surface area contributed by atoms with Crippen LogP contribution >= 0.6 is 11.8 Å². The summed E-state index contributed by atoms with van der Waals surface area (Å²) in [5.74, 6) is -0.379. The summed E-state index contributed by atoms with van der Waals surface area (Å²) in [5, 5.41) is 5.36. The average Bonchev–Trinajstić information content (AvgIpc) is 2.58. The molecule has 1 aromatic rings. The molecular formula is C11H9NO2S. The summed E-state index contributed by atoms with van der Waals surface area (Å²) in [4.78, 5) is 16.8. The number of thioether (sulfide) groups is 1. The van der Waals surface area contributed by atoms with E-state index in [0.29, 0.717) is 11.3 Å². The van der Waals surface area contributed by atoms with E-state index in [0.717, 1.165) is 4.90 Å². The van der Waals surface area contributed by atoms with E-state index in [9.17, 15) is 4.79 Å². The molecule has 1 aliphatic rings. The molecule has 1 heterocycles. The van der Waals surface area contributed by atoms with E-state index in [1.807, 2.05) is 30.3 Å². The van der Waals surface area contributed by atoms with Gasteiger partial charge in [-0.25, -0.2) is 4.79 Å². The van der Waals surface area contributed by atoms with E-state index < -0.39 is 0 Å². The minimum Gasteiger partial charge on any atom is -0.312 e. The van der Waals surface area contributed by atoms with Crippen LogP contribution in [0.15, 0.2) is 51.4 Å². The lowest BCUT2D eigenvalue weighted by Gasteiger charge is -1.95. The summed E-state index contributed by atoms with van der Waals surface area (Å²) in [6, 6.07) is 9.82. The molecule has 0 N–H and O–H groups in total. The molecule has 0 unspecified atom stereocenters. The molecule has 0 aliphatic carbocycles. The predicted octanol–water partition coefficient (Wildman–Crippen LogP) is 2.60. The van der Waals surface area contributed by atoms with E-state index in [1.54, 1.807) is 12.3 Å². The van der Waals surface area contributed by atoms with Gasteiger partial charge in [-0.2, -0.15) is 0 Å². The third kappa shape index (κ3) is 2.27. The Balaban J connectivity index is 2.12. The normalized spacial score (nSPS) is 17.8. The third-order valence-corrected chi connectivity index (χ3v) is 2.83. The number of carbonyl (C=O) groups excluding carboxylic acids is 1. The molecule has 0 atom stereocenters. The van der Waals surface area contributed by atoms with Crippen molar-refractivity contribution in [3.63, 3.8) is 0 Å². The lowest BCUT2D eigenvalue weighted by atomic mass is 10.2. The minimum absolute atomic E-state index is 0.379. The van der Waals surface area contributed by atoms with Crippen molar-refractivity contribution in [3.8, 4) is 0 Å². The van der Waals surface area contributed by atoms with Gasteiger partial charge in [0.15, 0.2) is 0 Å². The number of benzene rings is 1. The topological polar surface area (TPSA) is 38.7 Å². The molecule has 0 aromatic heterocycles. The number of rotatable bonds is 2. The van der Waals surface area contributed by atoms with Gasteiger partial charge >= 0.3 is 5.97 Å². The molecule has 0 bridgehead atoms. The standard InChI is InChI=1S/C11H9NO2S/c1-8-10(11(13)14-12-8)7-15-9-5-3-2-4-6-9/h2-7H,1H3. The molecule has 76 valence electrons. The smallest absolute Gasteiger partial charge is 0.312 e. The van der Waals surface area contributed by atoms with Gasteiger partial charge < -0.3 is 4.84 Å². The molecule has 2 rings (SSSR count). The molecule has 3 nitrogen and oxygen atoms in total. The molecule has 0 fully saturated rings. The van der Waals surface area contributed by atoms with E-state index in [-0.39, 0.29) is 5.97 Å². The van der Waals surface area contributed by atoms with E-state index in [1.165, 1.54) is 11.8 Å². The van der Waals surface area contributed by atoms with E-state index >= 15 is 0 Å². The van der Waals surface area contributed by atoms with Crippen LogP contribution in [0.5, 0.6) is 0 Å². The third-order valence-electron chi connectivity index (χ3n) is 1.93. The van der Waals surface area contributed by atoms with Crippen LogP contribution in [-0.2, 0) is 9.63 Å². The predicted molar refractivity (Wildman–Crippen MR) is 59.6 cm³/mol. The van der Waals surface area contributed by atoms with Gasteiger partial charge in [-0.1, -0.05) is 35.1 Å². The van der Waals surface area contributed by atoms with Gasteiger partial charge in [-0.05, 0) is 24.5 Å². The van der Waals surface area contributed by atoms with Gasteiger partial charge in [-0.3, -0.25) is 0 Å². The Morgan fingerprint density at radius 2 is 2.07 bits per heavy atom. The second-order valence-electron chi connectivity index (χ2n) is 3.02. The van der Waals surface area contributed by atoms with Gasteiger partial charge in [0, 0.05) is 4.90 Å². The summed E-state index contributed by atoms with van der Waals surface area (Å²) >= 11 is 1.48. The van der Waals surface area contributed by atoms with Crippen molar-refractivity contribution < 1.29 is 9.63 Å². The number of carbonyl (C=O) groups is 1. The fraction of sp³-hybridized carbons (Fsp3) is 0.0909. The largest absolute Gasteiger partial charge is 0.368 e. The maximum absolute atomic E-state index is 11.2. The zero-order valence-electron chi connectivity index (χ0n) is 8.14. The molecule has 0 spiro atoms. The van der Waals surface area contributed by atoms with Crippen LogP contribution in [0.4, 0.5) is 0 Å². The monoisotopic (exact) mass is 219 g/mol. The first-order valence-corrected chi connectivity index (χ1v) is 5.33. The Kier molecular flexibility index (Phi) is 2.87. The Hall–Kier alpha value is -1.55. The molecule has 1 aromatic carbocycles. The minimum atomic E-state index is -0.379.